The Bertz CT molecular complexity index is 1030. The first-order chi connectivity index (χ1) is 13.6. The summed E-state index contributed by atoms with van der Waals surface area (Å²) in [6, 6.07) is 0.447. The summed E-state index contributed by atoms with van der Waals surface area (Å²) in [5.74, 6) is 2.26. The Hall–Kier alpha value is -2.97. The fourth-order valence-electron chi connectivity index (χ4n) is 3.71. The minimum absolute atomic E-state index is 0.228. The van der Waals surface area contributed by atoms with Gasteiger partial charge >= 0.3 is 0 Å². The lowest BCUT2D eigenvalue weighted by atomic mass is 10.2. The van der Waals surface area contributed by atoms with Crippen molar-refractivity contribution in [3.05, 3.63) is 17.8 Å². The van der Waals surface area contributed by atoms with Crippen molar-refractivity contribution >= 4 is 22.9 Å². The lowest BCUT2D eigenvalue weighted by Gasteiger charge is -2.16. The van der Waals surface area contributed by atoms with E-state index < -0.39 is 0 Å². The molecule has 28 heavy (non-hydrogen) atoms. The zero-order chi connectivity index (χ0) is 19.3. The van der Waals surface area contributed by atoms with Crippen molar-refractivity contribution in [2.75, 3.05) is 18.4 Å². The molecule has 0 unspecified atom stereocenters. The van der Waals surface area contributed by atoms with Crippen LogP contribution in [0.15, 0.2) is 10.9 Å². The van der Waals surface area contributed by atoms with Gasteiger partial charge in [-0.05, 0) is 33.1 Å². The van der Waals surface area contributed by atoms with E-state index in [1.54, 1.807) is 6.33 Å². The summed E-state index contributed by atoms with van der Waals surface area (Å²) >= 11 is 0. The maximum atomic E-state index is 11.9. The number of nitrogens with one attached hydrogen (secondary N) is 1. The zero-order valence-electron chi connectivity index (χ0n) is 16.1. The number of hydrogen-bond acceptors (Lipinski definition) is 7. The Kier molecular flexibility index (Phi) is 4.03. The Morgan fingerprint density at radius 3 is 2.79 bits per heavy atom. The third-order valence-corrected chi connectivity index (χ3v) is 5.42. The van der Waals surface area contributed by atoms with Crippen molar-refractivity contribution in [1.29, 1.82) is 0 Å². The standard InChI is InChI=1S/C19H23N7O2/c1-11-15(12(2)28-24-11)17-22-18(21-13-5-6-13)16-19(23-17)26(10-20-16)9-8-25-7-3-4-14(25)27/h10,13H,3-9H2,1-2H3,(H,21,22,23). The lowest BCUT2D eigenvalue weighted by Crippen LogP contribution is -2.28. The van der Waals surface area contributed by atoms with Crippen molar-refractivity contribution in [2.45, 2.75) is 52.1 Å². The van der Waals surface area contributed by atoms with Crippen LogP contribution in [-0.4, -0.2) is 54.6 Å². The van der Waals surface area contributed by atoms with Gasteiger partial charge < -0.3 is 19.3 Å². The van der Waals surface area contributed by atoms with E-state index in [4.69, 9.17) is 14.5 Å². The number of aryl methyl sites for hydroxylation is 2. The molecule has 9 nitrogen and oxygen atoms in total. The number of carbonyl (C=O) groups is 1. The first-order valence-corrected chi connectivity index (χ1v) is 9.80. The van der Waals surface area contributed by atoms with Gasteiger partial charge in [-0.3, -0.25) is 4.79 Å². The summed E-state index contributed by atoms with van der Waals surface area (Å²) in [6.45, 7) is 5.92. The van der Waals surface area contributed by atoms with E-state index in [1.807, 2.05) is 23.3 Å². The summed E-state index contributed by atoms with van der Waals surface area (Å²) in [5.41, 5.74) is 3.11. The highest BCUT2D eigenvalue weighted by molar-refractivity contribution is 5.85. The number of carbonyl (C=O) groups excluding carboxylic acids is 1. The number of rotatable bonds is 6. The second-order valence-corrected chi connectivity index (χ2v) is 7.61. The Morgan fingerprint density at radius 1 is 1.25 bits per heavy atom. The van der Waals surface area contributed by atoms with Crippen LogP contribution in [-0.2, 0) is 11.3 Å². The molecule has 1 aliphatic carbocycles. The Morgan fingerprint density at radius 2 is 2.11 bits per heavy atom. The molecular weight excluding hydrogens is 358 g/mol. The van der Waals surface area contributed by atoms with Gasteiger partial charge in [-0.1, -0.05) is 5.16 Å². The summed E-state index contributed by atoms with van der Waals surface area (Å²) < 4.78 is 7.32. The lowest BCUT2D eigenvalue weighted by molar-refractivity contribution is -0.127. The average Bonchev–Trinajstić information content (AvgIpc) is 3.08. The third kappa shape index (κ3) is 3.00. The maximum absolute atomic E-state index is 11.9. The molecule has 2 fully saturated rings. The van der Waals surface area contributed by atoms with Crippen LogP contribution in [0.3, 0.4) is 0 Å². The molecule has 0 bridgehead atoms. The van der Waals surface area contributed by atoms with Crippen molar-refractivity contribution < 1.29 is 9.32 Å². The molecule has 146 valence electrons. The van der Waals surface area contributed by atoms with Gasteiger partial charge in [0.05, 0.1) is 17.6 Å². The topological polar surface area (TPSA) is 102 Å². The highest BCUT2D eigenvalue weighted by Gasteiger charge is 2.26. The third-order valence-electron chi connectivity index (χ3n) is 5.42. The molecule has 0 aromatic carbocycles. The smallest absolute Gasteiger partial charge is 0.222 e. The first kappa shape index (κ1) is 17.2. The van der Waals surface area contributed by atoms with Gasteiger partial charge in [-0.25, -0.2) is 15.0 Å². The maximum Gasteiger partial charge on any atom is 0.222 e. The molecule has 4 heterocycles. The first-order valence-electron chi connectivity index (χ1n) is 9.80. The van der Waals surface area contributed by atoms with Crippen LogP contribution in [0.2, 0.25) is 0 Å². The number of anilines is 1. The van der Waals surface area contributed by atoms with E-state index in [0.717, 1.165) is 54.0 Å². The summed E-state index contributed by atoms with van der Waals surface area (Å²) in [5, 5.41) is 7.52. The summed E-state index contributed by atoms with van der Waals surface area (Å²) in [6.07, 6.45) is 5.67. The fourth-order valence-corrected chi connectivity index (χ4v) is 3.71. The molecule has 0 spiro atoms. The highest BCUT2D eigenvalue weighted by atomic mass is 16.5. The van der Waals surface area contributed by atoms with Crippen LogP contribution in [0.1, 0.15) is 37.1 Å². The number of aromatic nitrogens is 5. The highest BCUT2D eigenvalue weighted by Crippen LogP contribution is 2.31. The fraction of sp³-hybridized carbons (Fsp3) is 0.526. The second-order valence-electron chi connectivity index (χ2n) is 7.61. The predicted octanol–water partition coefficient (Wildman–Crippen LogP) is 2.29. The van der Waals surface area contributed by atoms with E-state index in [2.05, 4.69) is 15.5 Å². The average molecular weight is 381 g/mol. The molecule has 0 atom stereocenters. The summed E-state index contributed by atoms with van der Waals surface area (Å²) in [7, 11) is 0. The largest absolute Gasteiger partial charge is 0.365 e. The molecule has 3 aromatic rings. The molecule has 1 aliphatic heterocycles. The van der Waals surface area contributed by atoms with Crippen molar-refractivity contribution in [3.8, 4) is 11.4 Å². The van der Waals surface area contributed by atoms with Crippen LogP contribution >= 0.6 is 0 Å². The molecule has 1 N–H and O–H groups in total. The van der Waals surface area contributed by atoms with E-state index >= 15 is 0 Å². The van der Waals surface area contributed by atoms with Gasteiger partial charge in [0.15, 0.2) is 17.3 Å². The predicted molar refractivity (Wildman–Crippen MR) is 103 cm³/mol. The van der Waals surface area contributed by atoms with Gasteiger partial charge in [-0.2, -0.15) is 0 Å². The number of nitrogens with zero attached hydrogens (tertiary/aromatic N) is 6. The van der Waals surface area contributed by atoms with E-state index in [1.165, 1.54) is 0 Å². The van der Waals surface area contributed by atoms with Crippen molar-refractivity contribution in [1.82, 2.24) is 29.6 Å². The number of hydrogen-bond donors (Lipinski definition) is 1. The molecule has 1 saturated heterocycles. The Labute approximate surface area is 162 Å². The molecule has 3 aromatic heterocycles. The van der Waals surface area contributed by atoms with E-state index in [9.17, 15) is 4.79 Å². The monoisotopic (exact) mass is 381 g/mol. The van der Waals surface area contributed by atoms with E-state index in [0.29, 0.717) is 37.1 Å². The number of imidazole rings is 1. The number of fused-ring (bicyclic) bond motifs is 1. The minimum atomic E-state index is 0.228. The van der Waals surface area contributed by atoms with Crippen LogP contribution in [0.4, 0.5) is 5.82 Å². The Balaban J connectivity index is 1.54. The molecule has 1 saturated carbocycles. The van der Waals surface area contributed by atoms with Crippen LogP contribution < -0.4 is 5.32 Å². The van der Waals surface area contributed by atoms with E-state index in [-0.39, 0.29) is 5.91 Å². The number of amides is 1. The molecule has 5 rings (SSSR count). The van der Waals surface area contributed by atoms with Gasteiger partial charge in [-0.15, -0.1) is 0 Å². The van der Waals surface area contributed by atoms with Gasteiger partial charge in [0.2, 0.25) is 5.91 Å². The van der Waals surface area contributed by atoms with Gasteiger partial charge in [0.1, 0.15) is 11.3 Å². The second kappa shape index (κ2) is 6.57. The molecule has 0 radical (unpaired) electrons. The SMILES string of the molecule is Cc1noc(C)c1-c1nc(NC2CC2)c2ncn(CCN3CCCC3=O)c2n1. The minimum Gasteiger partial charge on any atom is -0.365 e. The van der Waals surface area contributed by atoms with Crippen LogP contribution in [0, 0.1) is 13.8 Å². The molecule has 1 amide bonds. The van der Waals surface area contributed by atoms with Crippen LogP contribution in [0.25, 0.3) is 22.6 Å². The number of likely N-dealkylation sites (tertiary alicyclic amines) is 1. The molecule has 9 heteroatoms. The summed E-state index contributed by atoms with van der Waals surface area (Å²) in [4.78, 5) is 27.9. The zero-order valence-corrected chi connectivity index (χ0v) is 16.1. The normalized spacial score (nSPS) is 17.1. The van der Waals surface area contributed by atoms with Crippen molar-refractivity contribution in [3.63, 3.8) is 0 Å². The van der Waals surface area contributed by atoms with Gasteiger partial charge in [0, 0.05) is 32.1 Å². The van der Waals surface area contributed by atoms with Gasteiger partial charge in [0.25, 0.3) is 0 Å². The quantitative estimate of drug-likeness (QED) is 0.699. The molecular formula is C19H23N7O2. The van der Waals surface area contributed by atoms with Crippen LogP contribution in [0.5, 0.6) is 0 Å². The molecule has 2 aliphatic rings. The van der Waals surface area contributed by atoms with Crippen molar-refractivity contribution in [2.24, 2.45) is 0 Å².